The summed E-state index contributed by atoms with van der Waals surface area (Å²) >= 11 is 11.5. The van der Waals surface area contributed by atoms with Gasteiger partial charge in [-0.05, 0) is 56.4 Å². The van der Waals surface area contributed by atoms with Gasteiger partial charge in [0.1, 0.15) is 0 Å². The van der Waals surface area contributed by atoms with E-state index in [0.717, 1.165) is 24.2 Å². The number of hydrogen-bond acceptors (Lipinski definition) is 4. The molecule has 7 heteroatoms. The zero-order valence-corrected chi connectivity index (χ0v) is 16.3. The Kier molecular flexibility index (Phi) is 5.85. The van der Waals surface area contributed by atoms with Crippen LogP contribution >= 0.6 is 23.8 Å². The van der Waals surface area contributed by atoms with Gasteiger partial charge in [-0.2, -0.15) is 14.9 Å². The number of hydrogen-bond donors (Lipinski definition) is 1. The first-order chi connectivity index (χ1) is 12.6. The molecule has 0 saturated heterocycles. The van der Waals surface area contributed by atoms with Crippen LogP contribution in [0.5, 0.6) is 0 Å². The average molecular weight is 386 g/mol. The quantitative estimate of drug-likeness (QED) is 0.480. The van der Waals surface area contributed by atoms with E-state index in [1.807, 2.05) is 36.4 Å². The highest BCUT2D eigenvalue weighted by Crippen LogP contribution is 2.22. The highest BCUT2D eigenvalue weighted by molar-refractivity contribution is 7.71. The Balaban J connectivity index is 1.93. The zero-order chi connectivity index (χ0) is 18.5. The molecule has 0 unspecified atom stereocenters. The molecule has 2 aromatic carbocycles. The van der Waals surface area contributed by atoms with Gasteiger partial charge in [-0.25, -0.2) is 5.10 Å². The van der Waals surface area contributed by atoms with E-state index in [1.165, 1.54) is 5.69 Å². The third-order valence-electron chi connectivity index (χ3n) is 4.12. The Hall–Kier alpha value is -2.44. The first-order valence-electron chi connectivity index (χ1n) is 8.45. The number of halogens is 1. The van der Waals surface area contributed by atoms with Crippen molar-refractivity contribution in [3.63, 3.8) is 0 Å². The number of H-pyrrole nitrogens is 1. The standard InChI is InChI=1S/C19H20ClN5S/c1-3-24(4-2)16-11-9-14(10-12-16)18-22-23-19(26)25(18)21-13-15-7-5-6-8-17(15)20/h5-13H,3-4H2,1-2H3,(H,23,26). The Bertz CT molecular complexity index is 955. The van der Waals surface area contributed by atoms with E-state index in [1.54, 1.807) is 10.9 Å². The van der Waals surface area contributed by atoms with Crippen LogP contribution in [0.15, 0.2) is 53.6 Å². The highest BCUT2D eigenvalue weighted by atomic mass is 35.5. The second kappa shape index (κ2) is 8.29. The molecule has 1 N–H and O–H groups in total. The number of aromatic amines is 1. The largest absolute Gasteiger partial charge is 0.372 e. The van der Waals surface area contributed by atoms with Gasteiger partial charge in [0, 0.05) is 34.9 Å². The van der Waals surface area contributed by atoms with Gasteiger partial charge < -0.3 is 4.90 Å². The fraction of sp³-hybridized carbons (Fsp3) is 0.211. The molecule has 0 bridgehead atoms. The van der Waals surface area contributed by atoms with Gasteiger partial charge in [0.05, 0.1) is 6.21 Å². The Morgan fingerprint density at radius 3 is 2.50 bits per heavy atom. The summed E-state index contributed by atoms with van der Waals surface area (Å²) in [6.07, 6.45) is 1.68. The SMILES string of the molecule is CCN(CC)c1ccc(-c2n[nH]c(=S)n2N=Cc2ccccc2Cl)cc1. The van der Waals surface area contributed by atoms with Gasteiger partial charge in [-0.1, -0.05) is 29.8 Å². The van der Waals surface area contributed by atoms with Crippen molar-refractivity contribution in [1.29, 1.82) is 0 Å². The zero-order valence-electron chi connectivity index (χ0n) is 14.7. The number of nitrogens with one attached hydrogen (secondary N) is 1. The summed E-state index contributed by atoms with van der Waals surface area (Å²) in [6.45, 7) is 6.23. The lowest BCUT2D eigenvalue weighted by atomic mass is 10.2. The first kappa shape index (κ1) is 18.4. The van der Waals surface area contributed by atoms with Crippen LogP contribution in [-0.2, 0) is 0 Å². The molecule has 0 aliphatic rings. The van der Waals surface area contributed by atoms with Crippen molar-refractivity contribution in [3.05, 3.63) is 63.9 Å². The maximum atomic E-state index is 6.18. The van der Waals surface area contributed by atoms with Crippen LogP contribution in [0, 0.1) is 4.77 Å². The Morgan fingerprint density at radius 1 is 1.15 bits per heavy atom. The smallest absolute Gasteiger partial charge is 0.216 e. The molecule has 26 heavy (non-hydrogen) atoms. The molecule has 3 rings (SSSR count). The Labute approximate surface area is 162 Å². The van der Waals surface area contributed by atoms with Gasteiger partial charge >= 0.3 is 0 Å². The molecule has 0 atom stereocenters. The number of nitrogens with zero attached hydrogens (tertiary/aromatic N) is 4. The van der Waals surface area contributed by atoms with Crippen LogP contribution in [0.25, 0.3) is 11.4 Å². The molecule has 134 valence electrons. The summed E-state index contributed by atoms with van der Waals surface area (Å²) < 4.78 is 2.03. The van der Waals surface area contributed by atoms with Crippen LogP contribution in [0.4, 0.5) is 5.69 Å². The van der Waals surface area contributed by atoms with Crippen molar-refractivity contribution in [2.75, 3.05) is 18.0 Å². The molecule has 3 aromatic rings. The van der Waals surface area contributed by atoms with Crippen molar-refractivity contribution in [1.82, 2.24) is 14.9 Å². The minimum absolute atomic E-state index is 0.427. The molecule has 1 aromatic heterocycles. The fourth-order valence-corrected chi connectivity index (χ4v) is 3.06. The molecule has 0 aliphatic heterocycles. The summed E-state index contributed by atoms with van der Waals surface area (Å²) in [4.78, 5) is 2.29. The van der Waals surface area contributed by atoms with Gasteiger partial charge in [-0.15, -0.1) is 0 Å². The van der Waals surface area contributed by atoms with E-state index in [9.17, 15) is 0 Å². The topological polar surface area (TPSA) is 49.2 Å². The van der Waals surface area contributed by atoms with Gasteiger partial charge in [-0.3, -0.25) is 0 Å². The number of aromatic nitrogens is 3. The first-order valence-corrected chi connectivity index (χ1v) is 9.24. The maximum absolute atomic E-state index is 6.18. The lowest BCUT2D eigenvalue weighted by Crippen LogP contribution is -2.21. The van der Waals surface area contributed by atoms with Crippen molar-refractivity contribution in [3.8, 4) is 11.4 Å². The normalized spacial score (nSPS) is 11.2. The van der Waals surface area contributed by atoms with E-state index >= 15 is 0 Å². The molecule has 0 aliphatic carbocycles. The summed E-state index contributed by atoms with van der Waals surface area (Å²) in [5.41, 5.74) is 2.93. The van der Waals surface area contributed by atoms with Gasteiger partial charge in [0.2, 0.25) is 4.77 Å². The average Bonchev–Trinajstić information content (AvgIpc) is 3.03. The molecule has 0 amide bonds. The number of rotatable bonds is 6. The van der Waals surface area contributed by atoms with Gasteiger partial charge in [0.15, 0.2) is 5.82 Å². The minimum atomic E-state index is 0.427. The summed E-state index contributed by atoms with van der Waals surface area (Å²) in [5.74, 6) is 0.657. The third kappa shape index (κ3) is 3.86. The summed E-state index contributed by atoms with van der Waals surface area (Å²) in [7, 11) is 0. The predicted octanol–water partition coefficient (Wildman–Crippen LogP) is 4.99. The summed E-state index contributed by atoms with van der Waals surface area (Å²) in [5, 5.41) is 12.2. The molecule has 5 nitrogen and oxygen atoms in total. The highest BCUT2D eigenvalue weighted by Gasteiger charge is 2.09. The monoisotopic (exact) mass is 385 g/mol. The van der Waals surface area contributed by atoms with Crippen LogP contribution in [0.3, 0.4) is 0 Å². The lowest BCUT2D eigenvalue weighted by molar-refractivity contribution is 0.864. The number of anilines is 1. The van der Waals surface area contributed by atoms with E-state index in [-0.39, 0.29) is 0 Å². The van der Waals surface area contributed by atoms with Crippen LogP contribution < -0.4 is 4.90 Å². The number of benzene rings is 2. The predicted molar refractivity (Wildman–Crippen MR) is 111 cm³/mol. The molecule has 1 heterocycles. The molecule has 0 saturated carbocycles. The molecule has 0 fully saturated rings. The van der Waals surface area contributed by atoms with E-state index in [0.29, 0.717) is 15.6 Å². The van der Waals surface area contributed by atoms with Crippen LogP contribution in [-0.4, -0.2) is 34.2 Å². The molecular weight excluding hydrogens is 366 g/mol. The lowest BCUT2D eigenvalue weighted by Gasteiger charge is -2.20. The van der Waals surface area contributed by atoms with E-state index in [2.05, 4.69) is 46.2 Å². The van der Waals surface area contributed by atoms with Crippen molar-refractivity contribution >= 4 is 35.7 Å². The Morgan fingerprint density at radius 2 is 1.85 bits per heavy atom. The van der Waals surface area contributed by atoms with E-state index < -0.39 is 0 Å². The third-order valence-corrected chi connectivity index (χ3v) is 4.73. The molecule has 0 radical (unpaired) electrons. The van der Waals surface area contributed by atoms with Crippen molar-refractivity contribution < 1.29 is 0 Å². The molecular formula is C19H20ClN5S. The van der Waals surface area contributed by atoms with E-state index in [4.69, 9.17) is 23.8 Å². The van der Waals surface area contributed by atoms with Crippen LogP contribution in [0.2, 0.25) is 5.02 Å². The maximum Gasteiger partial charge on any atom is 0.216 e. The van der Waals surface area contributed by atoms with Gasteiger partial charge in [0.25, 0.3) is 0 Å². The summed E-state index contributed by atoms with van der Waals surface area (Å²) in [6, 6.07) is 15.7. The van der Waals surface area contributed by atoms with Crippen LogP contribution in [0.1, 0.15) is 19.4 Å². The van der Waals surface area contributed by atoms with Crippen molar-refractivity contribution in [2.24, 2.45) is 5.10 Å². The fourth-order valence-electron chi connectivity index (χ4n) is 2.70. The second-order valence-electron chi connectivity index (χ2n) is 5.65. The minimum Gasteiger partial charge on any atom is -0.372 e. The second-order valence-corrected chi connectivity index (χ2v) is 6.44. The van der Waals surface area contributed by atoms with Crippen molar-refractivity contribution in [2.45, 2.75) is 13.8 Å². The molecule has 0 spiro atoms.